The lowest BCUT2D eigenvalue weighted by molar-refractivity contribution is 0.0522. The number of carbonyl (C=O) groups is 2. The third-order valence-electron chi connectivity index (χ3n) is 4.45. The van der Waals surface area contributed by atoms with Gasteiger partial charge in [-0.1, -0.05) is 6.07 Å². The number of aromatic carboxylic acids is 1. The zero-order valence-corrected chi connectivity index (χ0v) is 17.0. The van der Waals surface area contributed by atoms with Crippen molar-refractivity contribution in [1.29, 1.82) is 0 Å². The highest BCUT2D eigenvalue weighted by Crippen LogP contribution is 2.36. The first kappa shape index (κ1) is 20.5. The number of fused-ring (bicyclic) bond motifs is 1. The van der Waals surface area contributed by atoms with Crippen molar-refractivity contribution in [2.45, 2.75) is 39.3 Å². The Balaban J connectivity index is 1.90. The number of carboxylic acids is 1. The smallest absolute Gasteiger partial charge is 0.407 e. The number of carbonyl (C=O) groups excluding carboxylic acids is 1. The van der Waals surface area contributed by atoms with Crippen LogP contribution in [-0.2, 0) is 17.7 Å². The van der Waals surface area contributed by atoms with E-state index in [2.05, 4.69) is 5.32 Å². The van der Waals surface area contributed by atoms with Gasteiger partial charge < -0.3 is 24.6 Å². The summed E-state index contributed by atoms with van der Waals surface area (Å²) in [5.74, 6) is 0.0414. The number of benzene rings is 2. The summed E-state index contributed by atoms with van der Waals surface area (Å²) in [5, 5.41) is 12.3. The van der Waals surface area contributed by atoms with Gasteiger partial charge in [-0.2, -0.15) is 0 Å². The molecule has 2 N–H and O–H groups in total. The van der Waals surface area contributed by atoms with E-state index in [4.69, 9.17) is 14.2 Å². The van der Waals surface area contributed by atoms with Gasteiger partial charge in [0.2, 0.25) is 0 Å². The van der Waals surface area contributed by atoms with E-state index in [0.717, 1.165) is 22.3 Å². The van der Waals surface area contributed by atoms with Crippen LogP contribution in [0.2, 0.25) is 0 Å². The molecule has 1 amide bonds. The molecule has 154 valence electrons. The van der Waals surface area contributed by atoms with E-state index in [0.29, 0.717) is 24.5 Å². The molecule has 0 aromatic heterocycles. The highest BCUT2D eigenvalue weighted by molar-refractivity contribution is 5.93. The average Bonchev–Trinajstić information content (AvgIpc) is 3.12. The lowest BCUT2D eigenvalue weighted by atomic mass is 9.96. The van der Waals surface area contributed by atoms with Crippen molar-refractivity contribution in [2.75, 3.05) is 13.7 Å². The molecule has 0 spiro atoms. The predicted molar refractivity (Wildman–Crippen MR) is 108 cm³/mol. The molecule has 29 heavy (non-hydrogen) atoms. The fourth-order valence-electron chi connectivity index (χ4n) is 3.21. The molecular formula is C22H25NO6. The molecule has 7 nitrogen and oxygen atoms in total. The Hall–Kier alpha value is -3.22. The van der Waals surface area contributed by atoms with Crippen LogP contribution < -0.4 is 14.8 Å². The van der Waals surface area contributed by atoms with Gasteiger partial charge in [0, 0.05) is 18.5 Å². The van der Waals surface area contributed by atoms with Crippen molar-refractivity contribution in [3.8, 4) is 22.6 Å². The molecule has 2 aromatic rings. The number of hydrogen-bond acceptors (Lipinski definition) is 5. The van der Waals surface area contributed by atoms with Gasteiger partial charge in [-0.15, -0.1) is 0 Å². The summed E-state index contributed by atoms with van der Waals surface area (Å²) >= 11 is 0. The van der Waals surface area contributed by atoms with Crippen LogP contribution in [0.3, 0.4) is 0 Å². The van der Waals surface area contributed by atoms with E-state index in [9.17, 15) is 14.7 Å². The summed E-state index contributed by atoms with van der Waals surface area (Å²) in [6.07, 6.45) is 0.153. The second-order valence-electron chi connectivity index (χ2n) is 7.80. The number of amides is 1. The molecule has 1 aliphatic rings. The second kappa shape index (κ2) is 8.03. The van der Waals surface area contributed by atoms with E-state index in [1.165, 1.54) is 0 Å². The summed E-state index contributed by atoms with van der Waals surface area (Å²) in [6.45, 7) is 6.08. The third kappa shape index (κ3) is 4.80. The zero-order chi connectivity index (χ0) is 21.2. The van der Waals surface area contributed by atoms with E-state index in [1.54, 1.807) is 40.0 Å². The third-order valence-corrected chi connectivity index (χ3v) is 4.45. The van der Waals surface area contributed by atoms with Gasteiger partial charge in [-0.3, -0.25) is 0 Å². The molecule has 0 unspecified atom stereocenters. The second-order valence-corrected chi connectivity index (χ2v) is 7.80. The Morgan fingerprint density at radius 3 is 2.59 bits per heavy atom. The monoisotopic (exact) mass is 399 g/mol. The first-order valence-corrected chi connectivity index (χ1v) is 9.35. The molecule has 7 heteroatoms. The maximum absolute atomic E-state index is 12.0. The minimum absolute atomic E-state index is 0.152. The van der Waals surface area contributed by atoms with Crippen LogP contribution in [0.1, 0.15) is 42.3 Å². The van der Waals surface area contributed by atoms with Gasteiger partial charge in [0.25, 0.3) is 0 Å². The first-order valence-electron chi connectivity index (χ1n) is 9.35. The molecule has 0 saturated carbocycles. The maximum atomic E-state index is 12.0. The Morgan fingerprint density at radius 2 is 1.93 bits per heavy atom. The normalized spacial score (nSPS) is 12.7. The minimum Gasteiger partial charge on any atom is -0.496 e. The number of alkyl carbamates (subject to hydrolysis) is 1. The van der Waals surface area contributed by atoms with Crippen molar-refractivity contribution in [2.24, 2.45) is 0 Å². The topological polar surface area (TPSA) is 94.1 Å². The van der Waals surface area contributed by atoms with Gasteiger partial charge in [-0.25, -0.2) is 9.59 Å². The summed E-state index contributed by atoms with van der Waals surface area (Å²) in [5.41, 5.74) is 2.79. The number of hydrogen-bond donors (Lipinski definition) is 2. The highest BCUT2D eigenvalue weighted by Gasteiger charge is 2.23. The Morgan fingerprint density at radius 1 is 1.17 bits per heavy atom. The Bertz CT molecular complexity index is 945. The van der Waals surface area contributed by atoms with Gasteiger partial charge in [0.15, 0.2) is 0 Å². The van der Waals surface area contributed by atoms with Crippen molar-refractivity contribution in [3.05, 3.63) is 47.0 Å². The van der Waals surface area contributed by atoms with E-state index in [1.807, 2.05) is 18.2 Å². The molecule has 0 bridgehead atoms. The van der Waals surface area contributed by atoms with E-state index < -0.39 is 17.7 Å². The SMILES string of the molecule is COc1ccc(-c2cc3c(c(C(=O)O)c2)OCC3)cc1CNC(=O)OC(C)(C)C. The van der Waals surface area contributed by atoms with Gasteiger partial charge in [0.05, 0.1) is 13.7 Å². The van der Waals surface area contributed by atoms with E-state index in [-0.39, 0.29) is 12.1 Å². The quantitative estimate of drug-likeness (QED) is 0.789. The molecule has 1 aliphatic heterocycles. The fraction of sp³-hybridized carbons (Fsp3) is 0.364. The number of rotatable bonds is 5. The lowest BCUT2D eigenvalue weighted by Gasteiger charge is -2.20. The molecule has 0 atom stereocenters. The van der Waals surface area contributed by atoms with Gasteiger partial charge >= 0.3 is 12.1 Å². The number of carboxylic acid groups (broad SMARTS) is 1. The maximum Gasteiger partial charge on any atom is 0.407 e. The number of nitrogens with one attached hydrogen (secondary N) is 1. The molecule has 3 rings (SSSR count). The van der Waals surface area contributed by atoms with Crippen LogP contribution in [0.15, 0.2) is 30.3 Å². The summed E-state index contributed by atoms with van der Waals surface area (Å²) in [4.78, 5) is 23.6. The highest BCUT2D eigenvalue weighted by atomic mass is 16.6. The van der Waals surface area contributed by atoms with Crippen molar-refractivity contribution in [1.82, 2.24) is 5.32 Å². The van der Waals surface area contributed by atoms with Crippen LogP contribution in [0.25, 0.3) is 11.1 Å². The molecule has 2 aromatic carbocycles. The van der Waals surface area contributed by atoms with Crippen LogP contribution >= 0.6 is 0 Å². The molecule has 0 aliphatic carbocycles. The van der Waals surface area contributed by atoms with Crippen molar-refractivity contribution < 1.29 is 28.9 Å². The van der Waals surface area contributed by atoms with Crippen LogP contribution in [0.4, 0.5) is 4.79 Å². The zero-order valence-electron chi connectivity index (χ0n) is 17.0. The van der Waals surface area contributed by atoms with Gasteiger partial charge in [0.1, 0.15) is 22.7 Å². The Kier molecular flexibility index (Phi) is 5.68. The predicted octanol–water partition coefficient (Wildman–Crippen LogP) is 4.02. The van der Waals surface area contributed by atoms with Crippen LogP contribution in [-0.4, -0.2) is 36.5 Å². The summed E-state index contributed by atoms with van der Waals surface area (Å²) in [7, 11) is 1.56. The molecule has 1 heterocycles. The molecule has 0 radical (unpaired) electrons. The number of methoxy groups -OCH3 is 1. The van der Waals surface area contributed by atoms with E-state index >= 15 is 0 Å². The standard InChI is InChI=1S/C22H25NO6/c1-22(2,3)29-21(26)23-12-16-9-13(5-6-18(16)27-4)15-10-14-7-8-28-19(14)17(11-15)20(24)25/h5-6,9-11H,7-8,12H2,1-4H3,(H,23,26)(H,24,25). The molecule has 0 saturated heterocycles. The van der Waals surface area contributed by atoms with Crippen LogP contribution in [0.5, 0.6) is 11.5 Å². The van der Waals surface area contributed by atoms with Gasteiger partial charge in [-0.05, 0) is 61.7 Å². The fourth-order valence-corrected chi connectivity index (χ4v) is 3.21. The first-order chi connectivity index (χ1) is 13.7. The Labute approximate surface area is 169 Å². The summed E-state index contributed by atoms with van der Waals surface area (Å²) < 4.78 is 16.2. The van der Waals surface area contributed by atoms with Crippen LogP contribution in [0, 0.1) is 0 Å². The lowest BCUT2D eigenvalue weighted by Crippen LogP contribution is -2.32. The largest absolute Gasteiger partial charge is 0.496 e. The van der Waals surface area contributed by atoms with Crippen molar-refractivity contribution in [3.63, 3.8) is 0 Å². The summed E-state index contributed by atoms with van der Waals surface area (Å²) in [6, 6.07) is 9.09. The molecule has 0 fully saturated rings. The average molecular weight is 399 g/mol. The number of ether oxygens (including phenoxy) is 3. The minimum atomic E-state index is -1.02. The van der Waals surface area contributed by atoms with Crippen molar-refractivity contribution >= 4 is 12.1 Å². The molecular weight excluding hydrogens is 374 g/mol.